The van der Waals surface area contributed by atoms with Crippen LogP contribution in [0, 0.1) is 11.6 Å². The van der Waals surface area contributed by atoms with Gasteiger partial charge in [-0.1, -0.05) is 23.5 Å². The second-order valence-corrected chi connectivity index (χ2v) is 5.46. The lowest BCUT2D eigenvalue weighted by Gasteiger charge is -2.02. The molecule has 3 aromatic rings. The molecule has 0 aliphatic rings. The van der Waals surface area contributed by atoms with Crippen molar-refractivity contribution < 1.29 is 8.78 Å². The Hall–Kier alpha value is -2.01. The summed E-state index contributed by atoms with van der Waals surface area (Å²) in [6.07, 6.45) is 0.782. The van der Waals surface area contributed by atoms with E-state index in [9.17, 15) is 8.78 Å². The summed E-state index contributed by atoms with van der Waals surface area (Å²) in [6, 6.07) is 11.0. The highest BCUT2D eigenvalue weighted by molar-refractivity contribution is 7.22. The molecule has 0 saturated carbocycles. The topological polar surface area (TPSA) is 24.9 Å². The van der Waals surface area contributed by atoms with Crippen LogP contribution in [0.2, 0.25) is 0 Å². The van der Waals surface area contributed by atoms with Gasteiger partial charge in [-0.25, -0.2) is 13.8 Å². The van der Waals surface area contributed by atoms with E-state index in [1.807, 2.05) is 0 Å². The minimum atomic E-state index is -0.277. The molecule has 1 N–H and O–H groups in total. The zero-order chi connectivity index (χ0) is 13.9. The number of hydrogen-bond acceptors (Lipinski definition) is 3. The maximum Gasteiger partial charge on any atom is 0.183 e. The summed E-state index contributed by atoms with van der Waals surface area (Å²) in [6.45, 7) is 0.702. The molecule has 0 unspecified atom stereocenters. The van der Waals surface area contributed by atoms with Gasteiger partial charge in [-0.05, 0) is 36.2 Å². The van der Waals surface area contributed by atoms with Crippen molar-refractivity contribution in [2.45, 2.75) is 6.42 Å². The van der Waals surface area contributed by atoms with Crippen molar-refractivity contribution in [3.8, 4) is 0 Å². The van der Waals surface area contributed by atoms with Crippen molar-refractivity contribution in [1.29, 1.82) is 0 Å². The number of nitrogens with zero attached hydrogens (tertiary/aromatic N) is 1. The maximum absolute atomic E-state index is 13.1. The minimum Gasteiger partial charge on any atom is -0.361 e. The molecule has 2 nitrogen and oxygen atoms in total. The Balaban J connectivity index is 1.63. The summed E-state index contributed by atoms with van der Waals surface area (Å²) in [5, 5.41) is 3.98. The summed E-state index contributed by atoms with van der Waals surface area (Å²) in [5.41, 5.74) is 1.73. The minimum absolute atomic E-state index is 0.227. The van der Waals surface area contributed by atoms with Gasteiger partial charge in [0, 0.05) is 12.6 Å². The monoisotopic (exact) mass is 290 g/mol. The molecule has 0 atom stereocenters. The number of aromatic nitrogens is 1. The molecule has 0 radical (unpaired) electrons. The van der Waals surface area contributed by atoms with Gasteiger partial charge in [0.1, 0.15) is 11.6 Å². The van der Waals surface area contributed by atoms with Crippen LogP contribution < -0.4 is 5.32 Å². The third-order valence-electron chi connectivity index (χ3n) is 2.95. The van der Waals surface area contributed by atoms with E-state index in [2.05, 4.69) is 10.3 Å². The van der Waals surface area contributed by atoms with Gasteiger partial charge >= 0.3 is 0 Å². The van der Waals surface area contributed by atoms with Crippen molar-refractivity contribution in [3.05, 3.63) is 59.7 Å². The lowest BCUT2D eigenvalue weighted by Crippen LogP contribution is -2.04. The normalized spacial score (nSPS) is 10.9. The molecule has 0 saturated heterocycles. The SMILES string of the molecule is Fc1ccc(CCNc2nc3cc(F)ccc3s2)cc1. The molecule has 5 heteroatoms. The summed E-state index contributed by atoms with van der Waals surface area (Å²) in [7, 11) is 0. The van der Waals surface area contributed by atoms with Gasteiger partial charge in [0.2, 0.25) is 0 Å². The van der Waals surface area contributed by atoms with E-state index in [0.717, 1.165) is 21.8 Å². The van der Waals surface area contributed by atoms with E-state index >= 15 is 0 Å². The number of thiazole rings is 1. The average Bonchev–Trinajstić information content (AvgIpc) is 2.83. The molecule has 2 aromatic carbocycles. The number of benzene rings is 2. The van der Waals surface area contributed by atoms with Gasteiger partial charge in [0.15, 0.2) is 5.13 Å². The molecule has 0 amide bonds. The first-order valence-corrected chi connectivity index (χ1v) is 7.07. The summed E-state index contributed by atoms with van der Waals surface area (Å²) in [5.74, 6) is -0.504. The maximum atomic E-state index is 13.1. The molecule has 20 heavy (non-hydrogen) atoms. The van der Waals surface area contributed by atoms with E-state index in [1.165, 1.54) is 35.6 Å². The van der Waals surface area contributed by atoms with Gasteiger partial charge in [0.05, 0.1) is 10.2 Å². The zero-order valence-electron chi connectivity index (χ0n) is 10.6. The largest absolute Gasteiger partial charge is 0.361 e. The van der Waals surface area contributed by atoms with Crippen molar-refractivity contribution in [2.75, 3.05) is 11.9 Å². The molecular formula is C15H12F2N2S. The molecule has 0 fully saturated rings. The molecule has 102 valence electrons. The quantitative estimate of drug-likeness (QED) is 0.778. The highest BCUT2D eigenvalue weighted by Crippen LogP contribution is 2.26. The van der Waals surface area contributed by atoms with Crippen LogP contribution in [0.15, 0.2) is 42.5 Å². The fourth-order valence-corrected chi connectivity index (χ4v) is 2.81. The molecule has 0 aliphatic heterocycles. The number of rotatable bonds is 4. The van der Waals surface area contributed by atoms with E-state index in [0.29, 0.717) is 12.1 Å². The van der Waals surface area contributed by atoms with Crippen molar-refractivity contribution in [3.63, 3.8) is 0 Å². The van der Waals surface area contributed by atoms with Crippen LogP contribution in [-0.2, 0) is 6.42 Å². The Morgan fingerprint density at radius 3 is 2.55 bits per heavy atom. The van der Waals surface area contributed by atoms with Crippen LogP contribution in [0.25, 0.3) is 10.2 Å². The molecule has 1 heterocycles. The van der Waals surface area contributed by atoms with Crippen LogP contribution >= 0.6 is 11.3 Å². The first-order valence-electron chi connectivity index (χ1n) is 6.25. The molecule has 0 bridgehead atoms. The molecular weight excluding hydrogens is 278 g/mol. The van der Waals surface area contributed by atoms with Crippen molar-refractivity contribution >= 4 is 26.7 Å². The zero-order valence-corrected chi connectivity index (χ0v) is 11.4. The van der Waals surface area contributed by atoms with Crippen molar-refractivity contribution in [1.82, 2.24) is 4.98 Å². The van der Waals surface area contributed by atoms with Crippen LogP contribution in [0.4, 0.5) is 13.9 Å². The Kier molecular flexibility index (Phi) is 3.60. The summed E-state index contributed by atoms with van der Waals surface area (Å²) >= 11 is 1.49. The van der Waals surface area contributed by atoms with Crippen LogP contribution in [0.3, 0.4) is 0 Å². The highest BCUT2D eigenvalue weighted by Gasteiger charge is 2.04. The lowest BCUT2D eigenvalue weighted by molar-refractivity contribution is 0.627. The number of hydrogen-bond donors (Lipinski definition) is 1. The lowest BCUT2D eigenvalue weighted by atomic mass is 10.1. The third-order valence-corrected chi connectivity index (χ3v) is 3.95. The smallest absolute Gasteiger partial charge is 0.183 e. The molecule has 0 aliphatic carbocycles. The first kappa shape index (κ1) is 13.0. The second kappa shape index (κ2) is 5.54. The number of fused-ring (bicyclic) bond motifs is 1. The first-order chi connectivity index (χ1) is 9.70. The summed E-state index contributed by atoms with van der Waals surface area (Å²) in [4.78, 5) is 4.33. The molecule has 0 spiro atoms. The Labute approximate surface area is 119 Å². The third kappa shape index (κ3) is 2.93. The fraction of sp³-hybridized carbons (Fsp3) is 0.133. The van der Waals surface area contributed by atoms with E-state index in [4.69, 9.17) is 0 Å². The van der Waals surface area contributed by atoms with Gasteiger partial charge in [0.25, 0.3) is 0 Å². The number of halogens is 2. The Bertz CT molecular complexity index is 722. The molecule has 3 rings (SSSR count). The van der Waals surface area contributed by atoms with Gasteiger partial charge < -0.3 is 5.32 Å². The highest BCUT2D eigenvalue weighted by atomic mass is 32.1. The van der Waals surface area contributed by atoms with E-state index < -0.39 is 0 Å². The van der Waals surface area contributed by atoms with E-state index in [-0.39, 0.29) is 11.6 Å². The predicted molar refractivity (Wildman–Crippen MR) is 78.2 cm³/mol. The Morgan fingerprint density at radius 1 is 1.00 bits per heavy atom. The molecule has 1 aromatic heterocycles. The predicted octanol–water partition coefficient (Wildman–Crippen LogP) is 4.23. The van der Waals surface area contributed by atoms with Gasteiger partial charge in [-0.15, -0.1) is 0 Å². The van der Waals surface area contributed by atoms with Crippen LogP contribution in [-0.4, -0.2) is 11.5 Å². The average molecular weight is 290 g/mol. The second-order valence-electron chi connectivity index (χ2n) is 4.43. The fourth-order valence-electron chi connectivity index (χ4n) is 1.94. The standard InChI is InChI=1S/C15H12F2N2S/c16-11-3-1-10(2-4-11)7-8-18-15-19-13-9-12(17)5-6-14(13)20-15/h1-6,9H,7-8H2,(H,18,19). The van der Waals surface area contributed by atoms with Crippen LogP contribution in [0.5, 0.6) is 0 Å². The Morgan fingerprint density at radius 2 is 1.75 bits per heavy atom. The number of nitrogens with one attached hydrogen (secondary N) is 1. The van der Waals surface area contributed by atoms with Gasteiger partial charge in [-0.2, -0.15) is 0 Å². The van der Waals surface area contributed by atoms with Gasteiger partial charge in [-0.3, -0.25) is 0 Å². The summed E-state index contributed by atoms with van der Waals surface area (Å²) < 4.78 is 26.8. The van der Waals surface area contributed by atoms with Crippen LogP contribution in [0.1, 0.15) is 5.56 Å². The van der Waals surface area contributed by atoms with Crippen molar-refractivity contribution in [2.24, 2.45) is 0 Å². The number of anilines is 1. The van der Waals surface area contributed by atoms with E-state index in [1.54, 1.807) is 18.2 Å².